The summed E-state index contributed by atoms with van der Waals surface area (Å²) in [5.41, 5.74) is 0.531. The van der Waals surface area contributed by atoms with Crippen LogP contribution in [0.5, 0.6) is 0 Å². The van der Waals surface area contributed by atoms with E-state index in [1.54, 1.807) is 0 Å². The SMILES string of the molecule is CCN1CCN(CC2(COC)CC2)CC1. The highest BCUT2D eigenvalue weighted by Gasteiger charge is 2.44. The number of nitrogens with zero attached hydrogens (tertiary/aromatic N) is 2. The predicted octanol–water partition coefficient (Wildman–Crippen LogP) is 1.05. The lowest BCUT2D eigenvalue weighted by molar-refractivity contribution is 0.0782. The molecular weight excluding hydrogens is 188 g/mol. The standard InChI is InChI=1S/C12H24N2O/c1-3-13-6-8-14(9-7-13)10-12(4-5-12)11-15-2/h3-11H2,1-2H3. The van der Waals surface area contributed by atoms with E-state index < -0.39 is 0 Å². The molecule has 1 aliphatic carbocycles. The molecule has 2 rings (SSSR count). The molecule has 3 heteroatoms. The van der Waals surface area contributed by atoms with Crippen LogP contribution in [0.15, 0.2) is 0 Å². The van der Waals surface area contributed by atoms with Gasteiger partial charge in [0.15, 0.2) is 0 Å². The molecule has 1 heterocycles. The van der Waals surface area contributed by atoms with Gasteiger partial charge in [-0.1, -0.05) is 6.92 Å². The van der Waals surface area contributed by atoms with Crippen molar-refractivity contribution in [3.8, 4) is 0 Å². The number of hydrogen-bond acceptors (Lipinski definition) is 3. The molecule has 0 radical (unpaired) electrons. The van der Waals surface area contributed by atoms with E-state index in [0.717, 1.165) is 6.61 Å². The maximum atomic E-state index is 5.32. The van der Waals surface area contributed by atoms with Gasteiger partial charge < -0.3 is 14.5 Å². The molecule has 88 valence electrons. The average molecular weight is 212 g/mol. The van der Waals surface area contributed by atoms with E-state index in [4.69, 9.17) is 4.74 Å². The van der Waals surface area contributed by atoms with E-state index in [0.29, 0.717) is 5.41 Å². The zero-order chi connectivity index (χ0) is 10.7. The Bertz CT molecular complexity index is 196. The summed E-state index contributed by atoms with van der Waals surface area (Å²) in [6, 6.07) is 0. The third-order valence-electron chi connectivity index (χ3n) is 3.88. The molecule has 0 amide bonds. The molecule has 0 atom stereocenters. The molecule has 3 nitrogen and oxygen atoms in total. The summed E-state index contributed by atoms with van der Waals surface area (Å²) in [5, 5.41) is 0. The van der Waals surface area contributed by atoms with Gasteiger partial charge in [0.25, 0.3) is 0 Å². The predicted molar refractivity (Wildman–Crippen MR) is 62.1 cm³/mol. The van der Waals surface area contributed by atoms with Gasteiger partial charge in [-0.05, 0) is 19.4 Å². The lowest BCUT2D eigenvalue weighted by Gasteiger charge is -2.36. The first-order chi connectivity index (χ1) is 7.28. The molecule has 0 unspecified atom stereocenters. The Morgan fingerprint density at radius 2 is 1.67 bits per heavy atom. The van der Waals surface area contributed by atoms with E-state index in [9.17, 15) is 0 Å². The second-order valence-electron chi connectivity index (χ2n) is 5.14. The van der Waals surface area contributed by atoms with E-state index in [-0.39, 0.29) is 0 Å². The van der Waals surface area contributed by atoms with Crippen molar-refractivity contribution in [1.29, 1.82) is 0 Å². The lowest BCUT2D eigenvalue weighted by Crippen LogP contribution is -2.48. The number of likely N-dealkylation sites (N-methyl/N-ethyl adjacent to an activating group) is 1. The Labute approximate surface area is 93.4 Å². The molecule has 0 bridgehead atoms. The Balaban J connectivity index is 1.72. The van der Waals surface area contributed by atoms with Gasteiger partial charge in [0, 0.05) is 45.2 Å². The van der Waals surface area contributed by atoms with Crippen LogP contribution in [0.2, 0.25) is 0 Å². The summed E-state index contributed by atoms with van der Waals surface area (Å²) in [6.45, 7) is 10.7. The van der Waals surface area contributed by atoms with Crippen LogP contribution in [0.4, 0.5) is 0 Å². The van der Waals surface area contributed by atoms with E-state index >= 15 is 0 Å². The molecule has 2 aliphatic rings. The van der Waals surface area contributed by atoms with Crippen molar-refractivity contribution < 1.29 is 4.74 Å². The summed E-state index contributed by atoms with van der Waals surface area (Å²) in [7, 11) is 1.83. The maximum Gasteiger partial charge on any atom is 0.0530 e. The zero-order valence-electron chi connectivity index (χ0n) is 10.2. The third-order valence-corrected chi connectivity index (χ3v) is 3.88. The van der Waals surface area contributed by atoms with E-state index in [2.05, 4.69) is 16.7 Å². The number of methoxy groups -OCH3 is 1. The second-order valence-corrected chi connectivity index (χ2v) is 5.14. The van der Waals surface area contributed by atoms with Crippen molar-refractivity contribution in [2.75, 3.05) is 53.0 Å². The lowest BCUT2D eigenvalue weighted by atomic mass is 10.1. The van der Waals surface area contributed by atoms with Crippen LogP contribution in [0.3, 0.4) is 0 Å². The Kier molecular flexibility index (Phi) is 3.65. The molecule has 0 spiro atoms. The highest BCUT2D eigenvalue weighted by atomic mass is 16.5. The van der Waals surface area contributed by atoms with Gasteiger partial charge in [-0.3, -0.25) is 0 Å². The number of piperazine rings is 1. The van der Waals surface area contributed by atoms with Crippen molar-refractivity contribution in [3.05, 3.63) is 0 Å². The van der Waals surface area contributed by atoms with Gasteiger partial charge in [-0.15, -0.1) is 0 Å². The van der Waals surface area contributed by atoms with Crippen molar-refractivity contribution in [3.63, 3.8) is 0 Å². The molecule has 2 fully saturated rings. The first kappa shape index (κ1) is 11.4. The first-order valence-electron chi connectivity index (χ1n) is 6.22. The van der Waals surface area contributed by atoms with Gasteiger partial charge in [0.1, 0.15) is 0 Å². The van der Waals surface area contributed by atoms with Crippen molar-refractivity contribution in [2.45, 2.75) is 19.8 Å². The van der Waals surface area contributed by atoms with Gasteiger partial charge in [-0.25, -0.2) is 0 Å². The van der Waals surface area contributed by atoms with Gasteiger partial charge in [0.05, 0.1) is 6.61 Å². The largest absolute Gasteiger partial charge is 0.384 e. The van der Waals surface area contributed by atoms with Crippen LogP contribution in [0.1, 0.15) is 19.8 Å². The van der Waals surface area contributed by atoms with Crippen LogP contribution in [-0.2, 0) is 4.74 Å². The van der Waals surface area contributed by atoms with Gasteiger partial charge in [0.2, 0.25) is 0 Å². The highest BCUT2D eigenvalue weighted by molar-refractivity contribution is 4.96. The van der Waals surface area contributed by atoms with Gasteiger partial charge in [-0.2, -0.15) is 0 Å². The highest BCUT2D eigenvalue weighted by Crippen LogP contribution is 2.46. The average Bonchev–Trinajstić information content (AvgIpc) is 3.00. The van der Waals surface area contributed by atoms with Crippen molar-refractivity contribution in [2.24, 2.45) is 5.41 Å². The van der Waals surface area contributed by atoms with Gasteiger partial charge >= 0.3 is 0 Å². The molecule has 1 saturated carbocycles. The maximum absolute atomic E-state index is 5.32. The smallest absolute Gasteiger partial charge is 0.0530 e. The topological polar surface area (TPSA) is 15.7 Å². The van der Waals surface area contributed by atoms with E-state index in [1.807, 2.05) is 7.11 Å². The summed E-state index contributed by atoms with van der Waals surface area (Å²) in [4.78, 5) is 5.16. The molecule has 15 heavy (non-hydrogen) atoms. The van der Waals surface area contributed by atoms with Crippen LogP contribution in [-0.4, -0.2) is 62.8 Å². The molecular formula is C12H24N2O. The molecule has 0 aromatic carbocycles. The minimum Gasteiger partial charge on any atom is -0.384 e. The van der Waals surface area contributed by atoms with E-state index in [1.165, 1.54) is 52.1 Å². The molecule has 0 N–H and O–H groups in total. The third kappa shape index (κ3) is 2.92. The second kappa shape index (κ2) is 4.81. The summed E-state index contributed by atoms with van der Waals surface area (Å²) < 4.78 is 5.32. The minimum atomic E-state index is 0.531. The Hall–Kier alpha value is -0.120. The fourth-order valence-corrected chi connectivity index (χ4v) is 2.57. The number of rotatable bonds is 5. The van der Waals surface area contributed by atoms with Crippen LogP contribution in [0, 0.1) is 5.41 Å². The fraction of sp³-hybridized carbons (Fsp3) is 1.00. The fourth-order valence-electron chi connectivity index (χ4n) is 2.57. The van der Waals surface area contributed by atoms with Crippen LogP contribution >= 0.6 is 0 Å². The molecule has 0 aromatic rings. The normalized spacial score (nSPS) is 26.8. The number of ether oxygens (including phenoxy) is 1. The molecule has 1 aliphatic heterocycles. The molecule has 0 aromatic heterocycles. The Morgan fingerprint density at radius 1 is 1.07 bits per heavy atom. The molecule has 1 saturated heterocycles. The monoisotopic (exact) mass is 212 g/mol. The number of hydrogen-bond donors (Lipinski definition) is 0. The van der Waals surface area contributed by atoms with Crippen LogP contribution in [0.25, 0.3) is 0 Å². The zero-order valence-corrected chi connectivity index (χ0v) is 10.2. The van der Waals surface area contributed by atoms with Crippen molar-refractivity contribution in [1.82, 2.24) is 9.80 Å². The van der Waals surface area contributed by atoms with Crippen LogP contribution < -0.4 is 0 Å². The quantitative estimate of drug-likeness (QED) is 0.677. The summed E-state index contributed by atoms with van der Waals surface area (Å²) in [5.74, 6) is 0. The van der Waals surface area contributed by atoms with Crippen molar-refractivity contribution >= 4 is 0 Å². The Morgan fingerprint density at radius 3 is 2.13 bits per heavy atom. The summed E-state index contributed by atoms with van der Waals surface area (Å²) in [6.07, 6.45) is 2.74. The first-order valence-corrected chi connectivity index (χ1v) is 6.22. The minimum absolute atomic E-state index is 0.531. The summed E-state index contributed by atoms with van der Waals surface area (Å²) >= 11 is 0.